The summed E-state index contributed by atoms with van der Waals surface area (Å²) in [6.07, 6.45) is 4.02. The molecule has 0 aromatic carbocycles. The summed E-state index contributed by atoms with van der Waals surface area (Å²) in [6.45, 7) is 28.9. The molecule has 3 heteroatoms. The van der Waals surface area contributed by atoms with E-state index < -0.39 is 16.3 Å². The van der Waals surface area contributed by atoms with Crippen molar-refractivity contribution in [3.05, 3.63) is 12.3 Å². The predicted molar refractivity (Wildman–Crippen MR) is 115 cm³/mol. The van der Waals surface area contributed by atoms with Crippen molar-refractivity contribution in [3.63, 3.8) is 0 Å². The van der Waals surface area contributed by atoms with Crippen molar-refractivity contribution in [1.82, 2.24) is 4.57 Å². The smallest absolute Gasteiger partial charge is 0.136 e. The van der Waals surface area contributed by atoms with Crippen LogP contribution >= 0.6 is 0 Å². The van der Waals surface area contributed by atoms with Gasteiger partial charge in [-0.05, 0) is 42.6 Å². The van der Waals surface area contributed by atoms with Crippen LogP contribution in [0.15, 0.2) is 12.3 Å². The first-order chi connectivity index (χ1) is 10.6. The largest absolute Gasteiger partial charge is 0.323 e. The molecule has 0 aromatic rings. The van der Waals surface area contributed by atoms with Crippen LogP contribution in [0.2, 0.25) is 35.8 Å². The summed E-state index contributed by atoms with van der Waals surface area (Å²) in [4.78, 5) is 0. The minimum absolute atomic E-state index is 0.823. The average molecular weight is 356 g/mol. The van der Waals surface area contributed by atoms with Crippen molar-refractivity contribution in [2.45, 2.75) is 103 Å². The molecular weight excluding hydrogens is 310 g/mol. The third kappa shape index (κ3) is 6.17. The Morgan fingerprint density at radius 1 is 0.870 bits per heavy atom. The van der Waals surface area contributed by atoms with E-state index in [1.165, 1.54) is 38.4 Å². The summed E-state index contributed by atoms with van der Waals surface area (Å²) in [5.41, 5.74) is 4.73. The fourth-order valence-electron chi connectivity index (χ4n) is 4.77. The van der Waals surface area contributed by atoms with E-state index in [0.29, 0.717) is 0 Å². The SMILES string of the molecule is C=C[Si](C)(C)CCCN(CCCC)[Si](C(C)C)(C(C)C)C(C)C. The molecule has 0 amide bonds. The van der Waals surface area contributed by atoms with Crippen LogP contribution in [0.3, 0.4) is 0 Å². The van der Waals surface area contributed by atoms with Crippen LogP contribution in [0.25, 0.3) is 0 Å². The Hall–Kier alpha value is 0.134. The molecule has 23 heavy (non-hydrogen) atoms. The van der Waals surface area contributed by atoms with Crippen molar-refractivity contribution in [1.29, 1.82) is 0 Å². The van der Waals surface area contributed by atoms with E-state index in [1.54, 1.807) is 0 Å². The van der Waals surface area contributed by atoms with E-state index in [1.807, 2.05) is 0 Å². The van der Waals surface area contributed by atoms with Crippen LogP contribution in [-0.4, -0.2) is 34.0 Å². The molecule has 0 saturated heterocycles. The molecule has 0 aliphatic rings. The number of hydrogen-bond donors (Lipinski definition) is 0. The Morgan fingerprint density at radius 2 is 1.30 bits per heavy atom. The van der Waals surface area contributed by atoms with Crippen LogP contribution in [0.4, 0.5) is 0 Å². The molecule has 0 bridgehead atoms. The van der Waals surface area contributed by atoms with Gasteiger partial charge >= 0.3 is 0 Å². The molecule has 0 unspecified atom stereocenters. The molecule has 0 fully saturated rings. The van der Waals surface area contributed by atoms with Crippen molar-refractivity contribution in [2.75, 3.05) is 13.1 Å². The Labute approximate surface area is 150 Å². The Kier molecular flexibility index (Phi) is 10.3. The van der Waals surface area contributed by atoms with E-state index in [2.05, 4.69) is 78.4 Å². The molecule has 0 radical (unpaired) electrons. The van der Waals surface area contributed by atoms with E-state index in [9.17, 15) is 0 Å². The molecule has 1 nitrogen and oxygen atoms in total. The molecule has 0 aliphatic carbocycles. The summed E-state index contributed by atoms with van der Waals surface area (Å²) >= 11 is 0. The highest BCUT2D eigenvalue weighted by Gasteiger charge is 2.47. The maximum Gasteiger partial charge on any atom is 0.136 e. The van der Waals surface area contributed by atoms with Gasteiger partial charge < -0.3 is 4.57 Å². The highest BCUT2D eigenvalue weighted by atomic mass is 28.3. The van der Waals surface area contributed by atoms with Crippen molar-refractivity contribution >= 4 is 16.3 Å². The average Bonchev–Trinajstić information content (AvgIpc) is 2.43. The van der Waals surface area contributed by atoms with Gasteiger partial charge in [-0.15, -0.1) is 12.3 Å². The van der Waals surface area contributed by atoms with Crippen LogP contribution < -0.4 is 0 Å². The zero-order chi connectivity index (χ0) is 18.3. The van der Waals surface area contributed by atoms with Gasteiger partial charge in [0.2, 0.25) is 0 Å². The lowest BCUT2D eigenvalue weighted by atomic mass is 10.3. The lowest BCUT2D eigenvalue weighted by Gasteiger charge is -2.51. The predicted octanol–water partition coefficient (Wildman–Crippen LogP) is 7.09. The second kappa shape index (κ2) is 10.2. The lowest BCUT2D eigenvalue weighted by Crippen LogP contribution is -2.60. The standard InChI is InChI=1S/C20H45NSi2/c1-11-13-15-21(16-14-17-22(9,10)12-2)23(18(3)4,19(5)6)20(7)8/h12,18-20H,2,11,13-17H2,1,3-10H3. The number of hydrogen-bond acceptors (Lipinski definition) is 1. The van der Waals surface area contributed by atoms with Gasteiger partial charge in [-0.1, -0.05) is 74.0 Å². The van der Waals surface area contributed by atoms with Crippen LogP contribution in [-0.2, 0) is 0 Å². The van der Waals surface area contributed by atoms with E-state index in [4.69, 9.17) is 0 Å². The quantitative estimate of drug-likeness (QED) is 0.338. The Morgan fingerprint density at radius 3 is 1.65 bits per heavy atom. The van der Waals surface area contributed by atoms with Crippen molar-refractivity contribution in [3.8, 4) is 0 Å². The maximum atomic E-state index is 4.07. The van der Waals surface area contributed by atoms with Gasteiger partial charge in [-0.3, -0.25) is 0 Å². The number of rotatable bonds is 12. The van der Waals surface area contributed by atoms with Crippen LogP contribution in [0.1, 0.15) is 67.7 Å². The summed E-state index contributed by atoms with van der Waals surface area (Å²) in [7, 11) is -2.64. The topological polar surface area (TPSA) is 3.24 Å². The highest BCUT2D eigenvalue weighted by molar-refractivity contribution is 6.82. The third-order valence-corrected chi connectivity index (χ3v) is 15.7. The van der Waals surface area contributed by atoms with Crippen molar-refractivity contribution in [2.24, 2.45) is 0 Å². The normalized spacial score (nSPS) is 13.6. The summed E-state index contributed by atoms with van der Waals surface area (Å²) in [5.74, 6) is 0. The zero-order valence-corrected chi connectivity index (χ0v) is 19.7. The monoisotopic (exact) mass is 355 g/mol. The highest BCUT2D eigenvalue weighted by Crippen LogP contribution is 2.44. The van der Waals surface area contributed by atoms with Gasteiger partial charge in [-0.2, -0.15) is 0 Å². The maximum absolute atomic E-state index is 4.07. The number of nitrogens with zero attached hydrogens (tertiary/aromatic N) is 1. The van der Waals surface area contributed by atoms with E-state index in [-0.39, 0.29) is 0 Å². The number of unbranched alkanes of at least 4 members (excludes halogenated alkanes) is 1. The van der Waals surface area contributed by atoms with Gasteiger partial charge in [0.15, 0.2) is 0 Å². The van der Waals surface area contributed by atoms with Crippen LogP contribution in [0.5, 0.6) is 0 Å². The first-order valence-electron chi connectivity index (χ1n) is 9.94. The lowest BCUT2D eigenvalue weighted by molar-refractivity contribution is 0.379. The fraction of sp³-hybridized carbons (Fsp3) is 0.900. The Bertz CT molecular complexity index is 313. The minimum Gasteiger partial charge on any atom is -0.323 e. The Balaban J connectivity index is 5.33. The molecule has 138 valence electrons. The zero-order valence-electron chi connectivity index (χ0n) is 17.7. The summed E-state index contributed by atoms with van der Waals surface area (Å²) in [5, 5.41) is 0. The van der Waals surface area contributed by atoms with Gasteiger partial charge in [0.25, 0.3) is 0 Å². The molecule has 0 aromatic heterocycles. The van der Waals surface area contributed by atoms with Gasteiger partial charge in [-0.25, -0.2) is 0 Å². The molecule has 0 aliphatic heterocycles. The first-order valence-corrected chi connectivity index (χ1v) is 15.4. The van der Waals surface area contributed by atoms with E-state index in [0.717, 1.165) is 16.6 Å². The molecule has 0 spiro atoms. The fourth-order valence-corrected chi connectivity index (χ4v) is 13.3. The molecule has 0 atom stereocenters. The van der Waals surface area contributed by atoms with Crippen LogP contribution in [0, 0.1) is 0 Å². The molecular formula is C20H45NSi2. The molecule has 0 rings (SSSR count). The third-order valence-electron chi connectivity index (χ3n) is 5.91. The molecule has 0 saturated carbocycles. The second-order valence-electron chi connectivity index (χ2n) is 8.99. The molecule has 0 heterocycles. The summed E-state index contributed by atoms with van der Waals surface area (Å²) < 4.78 is 3.00. The van der Waals surface area contributed by atoms with E-state index >= 15 is 0 Å². The van der Waals surface area contributed by atoms with Gasteiger partial charge in [0, 0.05) is 0 Å². The first kappa shape index (κ1) is 23.1. The van der Waals surface area contributed by atoms with Gasteiger partial charge in [0.05, 0.1) is 8.07 Å². The summed E-state index contributed by atoms with van der Waals surface area (Å²) in [6, 6.07) is 1.39. The van der Waals surface area contributed by atoms with Gasteiger partial charge in [0.1, 0.15) is 8.24 Å². The molecule has 0 N–H and O–H groups in total. The minimum atomic E-state index is -1.48. The second-order valence-corrected chi connectivity index (χ2v) is 19.7. The van der Waals surface area contributed by atoms with Crippen molar-refractivity contribution < 1.29 is 0 Å².